The van der Waals surface area contributed by atoms with E-state index in [4.69, 9.17) is 11.1 Å². The molecule has 0 aliphatic heterocycles. The number of rotatable bonds is 4. The molecule has 1 heterocycles. The van der Waals surface area contributed by atoms with Crippen LogP contribution in [0.1, 0.15) is 19.2 Å². The van der Waals surface area contributed by atoms with Crippen molar-refractivity contribution in [3.05, 3.63) is 5.82 Å². The van der Waals surface area contributed by atoms with Crippen LogP contribution in [-0.2, 0) is 0 Å². The number of hydrogen-bond donors (Lipinski definition) is 2. The van der Waals surface area contributed by atoms with Crippen molar-refractivity contribution in [1.82, 2.24) is 9.36 Å². The number of nitrogens with zero attached hydrogens (tertiary/aromatic N) is 2. The molecule has 1 atom stereocenters. The molecule has 0 bridgehead atoms. The molecular formula is C7H12N4S2. The van der Waals surface area contributed by atoms with Crippen LogP contribution in [0, 0.1) is 12.3 Å². The van der Waals surface area contributed by atoms with Crippen LogP contribution in [-0.4, -0.2) is 20.4 Å². The molecule has 6 heteroatoms. The van der Waals surface area contributed by atoms with Crippen molar-refractivity contribution in [2.24, 2.45) is 5.73 Å². The lowest BCUT2D eigenvalue weighted by molar-refractivity contribution is 0.987. The Morgan fingerprint density at radius 3 is 2.85 bits per heavy atom. The summed E-state index contributed by atoms with van der Waals surface area (Å²) in [5.74, 6) is 0.992. The van der Waals surface area contributed by atoms with Crippen molar-refractivity contribution < 1.29 is 0 Å². The van der Waals surface area contributed by atoms with Gasteiger partial charge in [0.1, 0.15) is 11.7 Å². The summed E-state index contributed by atoms with van der Waals surface area (Å²) < 4.78 is 4.95. The Bertz CT molecular complexity index is 296. The molecule has 0 spiro atoms. The smallest absolute Gasteiger partial charge is 0.170 e. The number of hydrogen-bond acceptors (Lipinski definition) is 5. The molecule has 0 aliphatic rings. The summed E-state index contributed by atoms with van der Waals surface area (Å²) in [6, 6.07) is 0. The van der Waals surface area contributed by atoms with Gasteiger partial charge in [-0.2, -0.15) is 4.37 Å². The molecular weight excluding hydrogens is 204 g/mol. The van der Waals surface area contributed by atoms with Crippen LogP contribution in [0.15, 0.2) is 4.34 Å². The number of aryl methyl sites for hydroxylation is 1. The Morgan fingerprint density at radius 1 is 1.77 bits per heavy atom. The normalized spacial score (nSPS) is 12.8. The van der Waals surface area contributed by atoms with Crippen molar-refractivity contribution in [1.29, 1.82) is 5.41 Å². The van der Waals surface area contributed by atoms with Crippen LogP contribution in [0.3, 0.4) is 0 Å². The van der Waals surface area contributed by atoms with E-state index in [0.717, 1.165) is 16.6 Å². The van der Waals surface area contributed by atoms with Gasteiger partial charge in [0, 0.05) is 0 Å². The minimum atomic E-state index is 0.0346. The molecule has 0 fully saturated rings. The van der Waals surface area contributed by atoms with Crippen molar-refractivity contribution >= 4 is 29.1 Å². The quantitative estimate of drug-likeness (QED) is 0.456. The van der Waals surface area contributed by atoms with Gasteiger partial charge in [-0.05, 0) is 24.9 Å². The highest BCUT2D eigenvalue weighted by molar-refractivity contribution is 8.02. The van der Waals surface area contributed by atoms with Crippen LogP contribution < -0.4 is 5.73 Å². The summed E-state index contributed by atoms with van der Waals surface area (Å²) in [4.78, 5) is 4.20. The van der Waals surface area contributed by atoms with Gasteiger partial charge in [-0.15, -0.1) is 0 Å². The molecule has 0 amide bonds. The molecule has 0 radical (unpaired) electrons. The Labute approximate surface area is 85.6 Å². The predicted molar refractivity (Wildman–Crippen MR) is 56.5 cm³/mol. The van der Waals surface area contributed by atoms with E-state index in [1.165, 1.54) is 23.3 Å². The average molecular weight is 216 g/mol. The molecule has 1 aromatic heterocycles. The van der Waals surface area contributed by atoms with E-state index in [9.17, 15) is 0 Å². The van der Waals surface area contributed by atoms with Gasteiger partial charge in [0.05, 0.1) is 5.25 Å². The molecule has 0 saturated heterocycles. The van der Waals surface area contributed by atoms with Crippen molar-refractivity contribution in [2.45, 2.75) is 29.9 Å². The van der Waals surface area contributed by atoms with E-state index in [1.807, 2.05) is 13.8 Å². The molecule has 0 aromatic carbocycles. The highest BCUT2D eigenvalue weighted by Gasteiger charge is 2.13. The van der Waals surface area contributed by atoms with Gasteiger partial charge >= 0.3 is 0 Å². The van der Waals surface area contributed by atoms with Crippen LogP contribution >= 0.6 is 23.3 Å². The van der Waals surface area contributed by atoms with Gasteiger partial charge in [0.15, 0.2) is 4.34 Å². The SMILES string of the molecule is CCC(Sc1nc(C)ns1)C(=N)N. The zero-order chi connectivity index (χ0) is 9.84. The zero-order valence-corrected chi connectivity index (χ0v) is 9.21. The minimum absolute atomic E-state index is 0.0346. The molecule has 0 aliphatic carbocycles. The van der Waals surface area contributed by atoms with E-state index in [-0.39, 0.29) is 11.1 Å². The Morgan fingerprint density at radius 2 is 2.46 bits per heavy atom. The first-order valence-corrected chi connectivity index (χ1v) is 5.59. The highest BCUT2D eigenvalue weighted by Crippen LogP contribution is 2.26. The summed E-state index contributed by atoms with van der Waals surface area (Å²) in [7, 11) is 0. The van der Waals surface area contributed by atoms with E-state index < -0.39 is 0 Å². The van der Waals surface area contributed by atoms with Gasteiger partial charge in [-0.1, -0.05) is 18.7 Å². The van der Waals surface area contributed by atoms with Gasteiger partial charge in [0.2, 0.25) is 0 Å². The van der Waals surface area contributed by atoms with Gasteiger partial charge in [0.25, 0.3) is 0 Å². The number of amidine groups is 1. The second kappa shape index (κ2) is 4.57. The topological polar surface area (TPSA) is 75.7 Å². The Kier molecular flexibility index (Phi) is 3.68. The zero-order valence-electron chi connectivity index (χ0n) is 7.57. The van der Waals surface area contributed by atoms with Gasteiger partial charge < -0.3 is 5.73 Å². The summed E-state index contributed by atoms with van der Waals surface area (Å²) in [5.41, 5.74) is 5.42. The molecule has 1 unspecified atom stereocenters. The largest absolute Gasteiger partial charge is 0.387 e. The molecule has 13 heavy (non-hydrogen) atoms. The average Bonchev–Trinajstić information content (AvgIpc) is 2.46. The fraction of sp³-hybridized carbons (Fsp3) is 0.571. The Balaban J connectivity index is 2.61. The van der Waals surface area contributed by atoms with Crippen molar-refractivity contribution in [3.8, 4) is 0 Å². The number of thioether (sulfide) groups is 1. The molecule has 72 valence electrons. The highest BCUT2D eigenvalue weighted by atomic mass is 32.2. The fourth-order valence-electron chi connectivity index (χ4n) is 0.814. The molecule has 1 rings (SSSR count). The lowest BCUT2D eigenvalue weighted by Gasteiger charge is -2.08. The molecule has 0 saturated carbocycles. The fourth-order valence-corrected chi connectivity index (χ4v) is 2.59. The second-order valence-electron chi connectivity index (χ2n) is 2.58. The third kappa shape index (κ3) is 2.96. The number of nitrogens with one attached hydrogen (secondary N) is 1. The first kappa shape index (κ1) is 10.5. The maximum Gasteiger partial charge on any atom is 0.170 e. The van der Waals surface area contributed by atoms with Gasteiger partial charge in [-0.25, -0.2) is 4.98 Å². The Hall–Kier alpha value is -0.620. The van der Waals surface area contributed by atoms with Crippen LogP contribution in [0.25, 0.3) is 0 Å². The number of aromatic nitrogens is 2. The summed E-state index contributed by atoms with van der Waals surface area (Å²) in [5, 5.41) is 7.36. The third-order valence-corrected chi connectivity index (χ3v) is 3.75. The summed E-state index contributed by atoms with van der Waals surface area (Å²) >= 11 is 2.87. The predicted octanol–water partition coefficient (Wildman–Crippen LogP) is 1.65. The van der Waals surface area contributed by atoms with Crippen molar-refractivity contribution in [2.75, 3.05) is 0 Å². The molecule has 1 aromatic rings. The first-order chi connectivity index (χ1) is 6.13. The monoisotopic (exact) mass is 216 g/mol. The standard InChI is InChI=1S/C7H12N4S2/c1-3-5(6(8)9)12-7-10-4(2)11-13-7/h5H,3H2,1-2H3,(H3,8,9). The van der Waals surface area contributed by atoms with Crippen LogP contribution in [0.4, 0.5) is 0 Å². The third-order valence-electron chi connectivity index (χ3n) is 1.47. The van der Waals surface area contributed by atoms with E-state index >= 15 is 0 Å². The van der Waals surface area contributed by atoms with Crippen LogP contribution in [0.2, 0.25) is 0 Å². The van der Waals surface area contributed by atoms with E-state index in [1.54, 1.807) is 0 Å². The maximum absolute atomic E-state index is 7.32. The first-order valence-electron chi connectivity index (χ1n) is 3.94. The van der Waals surface area contributed by atoms with E-state index in [2.05, 4.69) is 9.36 Å². The summed E-state index contributed by atoms with van der Waals surface area (Å²) in [6.45, 7) is 3.86. The molecule has 4 nitrogen and oxygen atoms in total. The lowest BCUT2D eigenvalue weighted by atomic mass is 10.3. The van der Waals surface area contributed by atoms with E-state index in [0.29, 0.717) is 0 Å². The summed E-state index contributed by atoms with van der Waals surface area (Å²) in [6.07, 6.45) is 0.846. The van der Waals surface area contributed by atoms with Gasteiger partial charge in [-0.3, -0.25) is 5.41 Å². The maximum atomic E-state index is 7.32. The van der Waals surface area contributed by atoms with Crippen LogP contribution in [0.5, 0.6) is 0 Å². The lowest BCUT2D eigenvalue weighted by Crippen LogP contribution is -2.23. The second-order valence-corrected chi connectivity index (χ2v) is 4.78. The number of nitrogens with two attached hydrogens (primary N) is 1. The van der Waals surface area contributed by atoms with Crippen molar-refractivity contribution in [3.63, 3.8) is 0 Å². The minimum Gasteiger partial charge on any atom is -0.387 e. The molecule has 3 N–H and O–H groups in total.